The molecule has 1 aromatic rings. The Labute approximate surface area is 101 Å². The molecule has 0 bridgehead atoms. The summed E-state index contributed by atoms with van der Waals surface area (Å²) in [5.41, 5.74) is 0.153. The predicted octanol–water partition coefficient (Wildman–Crippen LogP) is 1.15. The highest BCUT2D eigenvalue weighted by Gasteiger charge is 2.21. The van der Waals surface area contributed by atoms with Crippen LogP contribution in [0.4, 0.5) is 0 Å². The molecule has 0 spiro atoms. The number of methoxy groups -OCH3 is 2. The Kier molecular flexibility index (Phi) is 4.34. The molecule has 1 rings (SSSR count). The first-order chi connectivity index (χ1) is 8.01. The summed E-state index contributed by atoms with van der Waals surface area (Å²) in [6, 6.07) is 3.15. The highest BCUT2D eigenvalue weighted by molar-refractivity contribution is 6.03. The molecule has 1 N–H and O–H groups in total. The van der Waals surface area contributed by atoms with E-state index in [-0.39, 0.29) is 29.4 Å². The minimum Gasteiger partial charge on any atom is -0.504 e. The van der Waals surface area contributed by atoms with Crippen molar-refractivity contribution in [3.05, 3.63) is 17.7 Å². The van der Waals surface area contributed by atoms with Gasteiger partial charge in [0.1, 0.15) is 11.3 Å². The predicted molar refractivity (Wildman–Crippen MR) is 64.1 cm³/mol. The fraction of sp³-hybridized carbons (Fsp3) is 0.417. The average Bonchev–Trinajstić information content (AvgIpc) is 2.27. The summed E-state index contributed by atoms with van der Waals surface area (Å²) in [4.78, 5) is 13.7. The van der Waals surface area contributed by atoms with Crippen molar-refractivity contribution in [2.75, 3.05) is 34.9 Å². The maximum absolute atomic E-state index is 12.0. The van der Waals surface area contributed by atoms with Crippen LogP contribution in [-0.4, -0.2) is 50.6 Å². The van der Waals surface area contributed by atoms with Crippen LogP contribution >= 0.6 is 0 Å². The molecule has 0 saturated carbocycles. The molecule has 0 saturated heterocycles. The molecule has 0 fully saturated rings. The van der Waals surface area contributed by atoms with Gasteiger partial charge in [-0.3, -0.25) is 4.79 Å². The van der Waals surface area contributed by atoms with Crippen LogP contribution in [0.2, 0.25) is 0 Å². The van der Waals surface area contributed by atoms with E-state index >= 15 is 0 Å². The number of phenolic OH excluding ortho intramolecular Hbond substituents is 1. The molecular formula is C12H17NO4. The number of aromatic hydroxyl groups is 1. The zero-order valence-electron chi connectivity index (χ0n) is 10.5. The van der Waals surface area contributed by atoms with E-state index in [1.807, 2.05) is 0 Å². The second-order valence-electron chi connectivity index (χ2n) is 3.85. The Morgan fingerprint density at radius 1 is 1.24 bits per heavy atom. The fourth-order valence-corrected chi connectivity index (χ4v) is 1.52. The monoisotopic (exact) mass is 239 g/mol. The number of carbonyl (C=O) groups excluding carboxylic acids is 1. The van der Waals surface area contributed by atoms with Gasteiger partial charge in [-0.25, -0.2) is 0 Å². The number of ketones is 1. The van der Waals surface area contributed by atoms with E-state index in [0.717, 1.165) is 0 Å². The summed E-state index contributed by atoms with van der Waals surface area (Å²) >= 11 is 0. The number of likely N-dealkylation sites (N-methyl/N-ethyl adjacent to an activating group) is 1. The first-order valence-electron chi connectivity index (χ1n) is 5.13. The van der Waals surface area contributed by atoms with Gasteiger partial charge >= 0.3 is 0 Å². The molecule has 5 nitrogen and oxygen atoms in total. The van der Waals surface area contributed by atoms with Crippen LogP contribution in [0, 0.1) is 0 Å². The highest BCUT2D eigenvalue weighted by Crippen LogP contribution is 2.36. The van der Waals surface area contributed by atoms with Crippen LogP contribution in [0.25, 0.3) is 0 Å². The number of benzene rings is 1. The molecule has 0 radical (unpaired) electrons. The Hall–Kier alpha value is -1.75. The number of nitrogens with zero attached hydrogens (tertiary/aromatic N) is 1. The summed E-state index contributed by atoms with van der Waals surface area (Å²) < 4.78 is 10.0. The lowest BCUT2D eigenvalue weighted by molar-refractivity contribution is 0.0951. The van der Waals surface area contributed by atoms with Gasteiger partial charge in [0, 0.05) is 0 Å². The molecule has 94 valence electrons. The maximum Gasteiger partial charge on any atom is 0.184 e. The summed E-state index contributed by atoms with van der Waals surface area (Å²) in [7, 11) is 6.44. The lowest BCUT2D eigenvalue weighted by Crippen LogP contribution is -2.22. The minimum atomic E-state index is -0.219. The topological polar surface area (TPSA) is 59.0 Å². The molecule has 0 heterocycles. The average molecular weight is 239 g/mol. The van der Waals surface area contributed by atoms with Crippen LogP contribution in [0.3, 0.4) is 0 Å². The number of hydrogen-bond acceptors (Lipinski definition) is 5. The number of hydrogen-bond donors (Lipinski definition) is 1. The van der Waals surface area contributed by atoms with Crippen molar-refractivity contribution in [2.45, 2.75) is 0 Å². The molecule has 0 amide bonds. The Morgan fingerprint density at radius 3 is 2.24 bits per heavy atom. The second-order valence-corrected chi connectivity index (χ2v) is 3.85. The number of rotatable bonds is 5. The van der Waals surface area contributed by atoms with E-state index in [1.54, 1.807) is 31.1 Å². The maximum atomic E-state index is 12.0. The Balaban J connectivity index is 3.23. The van der Waals surface area contributed by atoms with Gasteiger partial charge in [-0.05, 0) is 26.2 Å². The summed E-state index contributed by atoms with van der Waals surface area (Å²) in [6.07, 6.45) is 0. The normalized spacial score (nSPS) is 10.4. The van der Waals surface area contributed by atoms with Crippen LogP contribution in [0.1, 0.15) is 10.4 Å². The van der Waals surface area contributed by atoms with E-state index in [2.05, 4.69) is 0 Å². The zero-order chi connectivity index (χ0) is 13.0. The number of phenols is 1. The molecule has 0 aliphatic rings. The van der Waals surface area contributed by atoms with Gasteiger partial charge in [0.2, 0.25) is 0 Å². The molecule has 0 unspecified atom stereocenters. The van der Waals surface area contributed by atoms with Gasteiger partial charge in [-0.1, -0.05) is 0 Å². The fourth-order valence-electron chi connectivity index (χ4n) is 1.52. The molecule has 1 aromatic carbocycles. The SMILES string of the molecule is COc1ccc(OC)c(C(=O)CN(C)C)c1O. The van der Waals surface area contributed by atoms with Gasteiger partial charge in [0.15, 0.2) is 17.3 Å². The summed E-state index contributed by atoms with van der Waals surface area (Å²) in [6.45, 7) is 0.192. The summed E-state index contributed by atoms with van der Waals surface area (Å²) in [5, 5.41) is 9.94. The van der Waals surface area contributed by atoms with Gasteiger partial charge in [-0.15, -0.1) is 0 Å². The van der Waals surface area contributed by atoms with Crippen LogP contribution in [0.5, 0.6) is 17.2 Å². The lowest BCUT2D eigenvalue weighted by atomic mass is 10.1. The van der Waals surface area contributed by atoms with Gasteiger partial charge in [0.05, 0.1) is 20.8 Å². The van der Waals surface area contributed by atoms with Crippen molar-refractivity contribution in [1.82, 2.24) is 4.90 Å². The van der Waals surface area contributed by atoms with E-state index in [9.17, 15) is 9.90 Å². The first kappa shape index (κ1) is 13.3. The van der Waals surface area contributed by atoms with Gasteiger partial charge in [-0.2, -0.15) is 0 Å². The molecule has 0 atom stereocenters. The highest BCUT2D eigenvalue weighted by atomic mass is 16.5. The molecule has 5 heteroatoms. The lowest BCUT2D eigenvalue weighted by Gasteiger charge is -2.14. The molecule has 0 aliphatic heterocycles. The molecule has 0 aliphatic carbocycles. The number of ether oxygens (including phenoxy) is 2. The van der Waals surface area contributed by atoms with E-state index < -0.39 is 0 Å². The summed E-state index contributed by atoms with van der Waals surface area (Å²) in [5.74, 6) is 0.199. The second kappa shape index (κ2) is 5.54. The largest absolute Gasteiger partial charge is 0.504 e. The molecule has 17 heavy (non-hydrogen) atoms. The van der Waals surface area contributed by atoms with Gasteiger partial charge in [0.25, 0.3) is 0 Å². The van der Waals surface area contributed by atoms with Crippen molar-refractivity contribution in [3.63, 3.8) is 0 Å². The van der Waals surface area contributed by atoms with Crippen molar-refractivity contribution in [2.24, 2.45) is 0 Å². The van der Waals surface area contributed by atoms with Crippen molar-refractivity contribution < 1.29 is 19.4 Å². The van der Waals surface area contributed by atoms with Gasteiger partial charge < -0.3 is 19.5 Å². The van der Waals surface area contributed by atoms with E-state index in [4.69, 9.17) is 9.47 Å². The minimum absolute atomic E-state index is 0.153. The van der Waals surface area contributed by atoms with Crippen molar-refractivity contribution in [1.29, 1.82) is 0 Å². The smallest absolute Gasteiger partial charge is 0.184 e. The third kappa shape index (κ3) is 2.88. The first-order valence-corrected chi connectivity index (χ1v) is 5.13. The van der Waals surface area contributed by atoms with E-state index in [0.29, 0.717) is 5.75 Å². The standard InChI is InChI=1S/C12H17NO4/c1-13(2)7-8(14)11-9(16-3)5-6-10(17-4)12(11)15/h5-6,15H,7H2,1-4H3. The van der Waals surface area contributed by atoms with Crippen molar-refractivity contribution >= 4 is 5.78 Å². The number of Topliss-reactive ketones (excluding diaryl/α,β-unsaturated/α-hetero) is 1. The Morgan fingerprint density at radius 2 is 1.76 bits per heavy atom. The zero-order valence-corrected chi connectivity index (χ0v) is 10.5. The Bertz CT molecular complexity index is 415. The quantitative estimate of drug-likeness (QED) is 0.781. The van der Waals surface area contributed by atoms with Crippen LogP contribution in [0.15, 0.2) is 12.1 Å². The third-order valence-electron chi connectivity index (χ3n) is 2.28. The van der Waals surface area contributed by atoms with E-state index in [1.165, 1.54) is 14.2 Å². The van der Waals surface area contributed by atoms with Crippen molar-refractivity contribution in [3.8, 4) is 17.2 Å². The molecular weight excluding hydrogens is 222 g/mol. The number of carbonyl (C=O) groups is 1. The van der Waals surface area contributed by atoms with Crippen LogP contribution < -0.4 is 9.47 Å². The third-order valence-corrected chi connectivity index (χ3v) is 2.28. The molecule has 0 aromatic heterocycles. The van der Waals surface area contributed by atoms with Crippen LogP contribution in [-0.2, 0) is 0 Å².